The molecule has 1 aromatic carbocycles. The minimum atomic E-state index is -0.126. The van der Waals surface area contributed by atoms with E-state index in [1.54, 1.807) is 12.4 Å². The number of fused-ring (bicyclic) bond motifs is 1. The molecule has 0 atom stereocenters. The number of amides is 1. The number of benzene rings is 1. The number of rotatable bonds is 6. The molecule has 0 radical (unpaired) electrons. The summed E-state index contributed by atoms with van der Waals surface area (Å²) in [7, 11) is 0. The number of aromatic nitrogens is 3. The van der Waals surface area contributed by atoms with E-state index in [-0.39, 0.29) is 5.91 Å². The molecule has 31 heavy (non-hydrogen) atoms. The van der Waals surface area contributed by atoms with Crippen LogP contribution in [0.25, 0.3) is 16.6 Å². The fourth-order valence-corrected chi connectivity index (χ4v) is 4.27. The van der Waals surface area contributed by atoms with Crippen LogP contribution in [-0.4, -0.2) is 38.4 Å². The lowest BCUT2D eigenvalue weighted by molar-refractivity contribution is 0.0950. The van der Waals surface area contributed by atoms with Crippen molar-refractivity contribution in [2.75, 3.05) is 13.1 Å². The largest absolute Gasteiger partial charge is 0.357 e. The van der Waals surface area contributed by atoms with Gasteiger partial charge in [0.15, 0.2) is 0 Å². The molecule has 0 unspecified atom stereocenters. The molecule has 6 heteroatoms. The Labute approximate surface area is 181 Å². The van der Waals surface area contributed by atoms with E-state index in [1.165, 1.54) is 43.4 Å². The summed E-state index contributed by atoms with van der Waals surface area (Å²) in [6, 6.07) is 14.3. The maximum atomic E-state index is 12.7. The first-order valence-electron chi connectivity index (χ1n) is 10.9. The predicted molar refractivity (Wildman–Crippen MR) is 122 cm³/mol. The average Bonchev–Trinajstić information content (AvgIpc) is 3.48. The van der Waals surface area contributed by atoms with E-state index >= 15 is 0 Å². The van der Waals surface area contributed by atoms with Crippen LogP contribution in [0, 0.1) is 0 Å². The summed E-state index contributed by atoms with van der Waals surface area (Å²) in [4.78, 5) is 23.0. The monoisotopic (exact) mass is 413 g/mol. The number of nitrogens with one attached hydrogen (secondary N) is 2. The maximum Gasteiger partial charge on any atom is 0.253 e. The number of H-pyrrole nitrogens is 1. The third kappa shape index (κ3) is 4.54. The second kappa shape index (κ2) is 8.78. The molecular formula is C25H27N5O. The first kappa shape index (κ1) is 19.6. The number of carbonyl (C=O) groups is 1. The highest BCUT2D eigenvalue weighted by molar-refractivity contribution is 5.94. The molecule has 1 fully saturated rings. The second-order valence-corrected chi connectivity index (χ2v) is 8.26. The molecule has 5 rings (SSSR count). The van der Waals surface area contributed by atoms with E-state index < -0.39 is 0 Å². The second-order valence-electron chi connectivity index (χ2n) is 8.26. The molecule has 1 saturated heterocycles. The van der Waals surface area contributed by atoms with Crippen molar-refractivity contribution in [3.8, 4) is 5.69 Å². The van der Waals surface area contributed by atoms with Crippen molar-refractivity contribution in [3.63, 3.8) is 0 Å². The Morgan fingerprint density at radius 1 is 1.03 bits per heavy atom. The minimum Gasteiger partial charge on any atom is -0.357 e. The molecule has 1 aliphatic heterocycles. The standard InChI is InChI=1S/C25H27N5O/c31-25(21-14-23(17-26-16-21)30-10-4-5-11-30)27-15-19-6-7-20-13-22(28-24(20)12-19)18-29-8-2-1-3-9-29/h4-7,10-14,16-17,28H,1-3,8-9,15,18H2,(H,27,31). The number of likely N-dealkylation sites (tertiary alicyclic amines) is 1. The number of aromatic amines is 1. The van der Waals surface area contributed by atoms with Crippen LogP contribution in [0.5, 0.6) is 0 Å². The van der Waals surface area contributed by atoms with Crippen LogP contribution in [0.4, 0.5) is 0 Å². The van der Waals surface area contributed by atoms with Crippen molar-refractivity contribution in [2.24, 2.45) is 0 Å². The highest BCUT2D eigenvalue weighted by atomic mass is 16.1. The highest BCUT2D eigenvalue weighted by Gasteiger charge is 2.12. The Bertz CT molecular complexity index is 1170. The summed E-state index contributed by atoms with van der Waals surface area (Å²) in [5, 5.41) is 4.23. The molecule has 0 saturated carbocycles. The van der Waals surface area contributed by atoms with Crippen molar-refractivity contribution >= 4 is 16.8 Å². The number of carbonyl (C=O) groups excluding carboxylic acids is 1. The van der Waals surface area contributed by atoms with Gasteiger partial charge in [0.25, 0.3) is 5.91 Å². The molecule has 1 amide bonds. The lowest BCUT2D eigenvalue weighted by Crippen LogP contribution is -2.29. The summed E-state index contributed by atoms with van der Waals surface area (Å²) in [6.45, 7) is 3.83. The smallest absolute Gasteiger partial charge is 0.253 e. The van der Waals surface area contributed by atoms with E-state index in [0.29, 0.717) is 12.1 Å². The molecular weight excluding hydrogens is 386 g/mol. The molecule has 6 nitrogen and oxygen atoms in total. The SMILES string of the molecule is O=C(NCc1ccc2cc(CN3CCCCC3)[nH]c2c1)c1cncc(-n2cccc2)c1. The van der Waals surface area contributed by atoms with Crippen LogP contribution in [0.15, 0.2) is 67.3 Å². The molecule has 1 aliphatic rings. The van der Waals surface area contributed by atoms with E-state index in [1.807, 2.05) is 35.2 Å². The number of pyridine rings is 1. The van der Waals surface area contributed by atoms with Gasteiger partial charge in [0.05, 0.1) is 17.4 Å². The number of hydrogen-bond donors (Lipinski definition) is 2. The van der Waals surface area contributed by atoms with E-state index in [2.05, 4.69) is 44.5 Å². The lowest BCUT2D eigenvalue weighted by Gasteiger charge is -2.25. The fraction of sp³-hybridized carbons (Fsp3) is 0.280. The summed E-state index contributed by atoms with van der Waals surface area (Å²) >= 11 is 0. The third-order valence-corrected chi connectivity index (χ3v) is 5.93. The first-order valence-corrected chi connectivity index (χ1v) is 10.9. The van der Waals surface area contributed by atoms with Crippen molar-refractivity contribution in [3.05, 3.63) is 84.1 Å². The molecule has 158 valence electrons. The van der Waals surface area contributed by atoms with Crippen molar-refractivity contribution < 1.29 is 4.79 Å². The molecule has 4 aromatic rings. The molecule has 2 N–H and O–H groups in total. The highest BCUT2D eigenvalue weighted by Crippen LogP contribution is 2.20. The van der Waals surface area contributed by atoms with Crippen molar-refractivity contribution in [2.45, 2.75) is 32.4 Å². The van der Waals surface area contributed by atoms with Crippen LogP contribution >= 0.6 is 0 Å². The Morgan fingerprint density at radius 2 is 1.87 bits per heavy atom. The topological polar surface area (TPSA) is 66.0 Å². The van der Waals surface area contributed by atoms with Crippen LogP contribution < -0.4 is 5.32 Å². The van der Waals surface area contributed by atoms with E-state index in [0.717, 1.165) is 23.3 Å². The van der Waals surface area contributed by atoms with E-state index in [4.69, 9.17) is 0 Å². The van der Waals surface area contributed by atoms with Gasteiger partial charge in [0.2, 0.25) is 0 Å². The van der Waals surface area contributed by atoms with Gasteiger partial charge < -0.3 is 14.9 Å². The van der Waals surface area contributed by atoms with Gasteiger partial charge in [-0.3, -0.25) is 14.7 Å². The minimum absolute atomic E-state index is 0.126. The molecule has 0 spiro atoms. The summed E-state index contributed by atoms with van der Waals surface area (Å²) in [6.07, 6.45) is 11.2. The van der Waals surface area contributed by atoms with Crippen LogP contribution in [0.2, 0.25) is 0 Å². The Kier molecular flexibility index (Phi) is 5.54. The summed E-state index contributed by atoms with van der Waals surface area (Å²) in [5.74, 6) is -0.126. The molecule has 0 aliphatic carbocycles. The molecule has 4 heterocycles. The normalized spacial score (nSPS) is 14.7. The van der Waals surface area contributed by atoms with Gasteiger partial charge in [-0.2, -0.15) is 0 Å². The predicted octanol–water partition coefficient (Wildman–Crippen LogP) is 4.27. The van der Waals surface area contributed by atoms with Crippen LogP contribution in [-0.2, 0) is 13.1 Å². The lowest BCUT2D eigenvalue weighted by atomic mass is 10.1. The quantitative estimate of drug-likeness (QED) is 0.496. The summed E-state index contributed by atoms with van der Waals surface area (Å²) in [5.41, 5.74) is 4.87. The van der Waals surface area contributed by atoms with Gasteiger partial charge in [-0.05, 0) is 67.2 Å². The van der Waals surface area contributed by atoms with Gasteiger partial charge in [-0.15, -0.1) is 0 Å². The first-order chi connectivity index (χ1) is 15.2. The number of hydrogen-bond acceptors (Lipinski definition) is 3. The third-order valence-electron chi connectivity index (χ3n) is 5.93. The Hall–Kier alpha value is -3.38. The van der Waals surface area contributed by atoms with Crippen molar-refractivity contribution in [1.82, 2.24) is 24.8 Å². The zero-order chi connectivity index (χ0) is 21.0. The number of piperidine rings is 1. The number of nitrogens with zero attached hydrogens (tertiary/aromatic N) is 3. The molecule has 0 bridgehead atoms. The van der Waals surface area contributed by atoms with Crippen LogP contribution in [0.1, 0.15) is 40.9 Å². The van der Waals surface area contributed by atoms with Gasteiger partial charge in [-0.25, -0.2) is 0 Å². The summed E-state index contributed by atoms with van der Waals surface area (Å²) < 4.78 is 1.93. The maximum absolute atomic E-state index is 12.7. The Morgan fingerprint density at radius 3 is 2.71 bits per heavy atom. The van der Waals surface area contributed by atoms with Gasteiger partial charge >= 0.3 is 0 Å². The van der Waals surface area contributed by atoms with Crippen LogP contribution in [0.3, 0.4) is 0 Å². The zero-order valence-electron chi connectivity index (χ0n) is 17.6. The van der Waals surface area contributed by atoms with Gasteiger partial charge in [0.1, 0.15) is 0 Å². The van der Waals surface area contributed by atoms with Gasteiger partial charge in [0, 0.05) is 42.9 Å². The van der Waals surface area contributed by atoms with E-state index in [9.17, 15) is 4.79 Å². The average molecular weight is 414 g/mol. The van der Waals surface area contributed by atoms with Crippen molar-refractivity contribution in [1.29, 1.82) is 0 Å². The van der Waals surface area contributed by atoms with Gasteiger partial charge in [-0.1, -0.05) is 18.6 Å². The zero-order valence-corrected chi connectivity index (χ0v) is 17.6. The fourth-order valence-electron chi connectivity index (χ4n) is 4.27. The molecule has 3 aromatic heterocycles. The Balaban J connectivity index is 1.24.